The van der Waals surface area contributed by atoms with Crippen LogP contribution in [0.5, 0.6) is 0 Å². The molecule has 0 aliphatic heterocycles. The van der Waals surface area contributed by atoms with Crippen LogP contribution in [0.2, 0.25) is 10.2 Å². The zero-order valence-corrected chi connectivity index (χ0v) is 15.9. The molecule has 0 aliphatic carbocycles. The van der Waals surface area contributed by atoms with Crippen LogP contribution in [0.15, 0.2) is 65.7 Å². The maximum Gasteiger partial charge on any atom is 0.350 e. The van der Waals surface area contributed by atoms with Crippen molar-refractivity contribution in [3.63, 3.8) is 0 Å². The molecule has 140 valence electrons. The van der Waals surface area contributed by atoms with E-state index in [4.69, 9.17) is 23.2 Å². The van der Waals surface area contributed by atoms with Crippen molar-refractivity contribution >= 4 is 40.4 Å². The number of anilines is 1. The Morgan fingerprint density at radius 1 is 1.11 bits per heavy atom. The van der Waals surface area contributed by atoms with Crippen LogP contribution in [0, 0.1) is 0 Å². The van der Waals surface area contributed by atoms with Crippen LogP contribution in [0.1, 0.15) is 15.9 Å². The number of fused-ring (bicyclic) bond motifs is 1. The summed E-state index contributed by atoms with van der Waals surface area (Å²) in [5.41, 5.74) is 2.02. The van der Waals surface area contributed by atoms with Crippen LogP contribution in [0.3, 0.4) is 0 Å². The Morgan fingerprint density at radius 2 is 1.96 bits per heavy atom. The lowest BCUT2D eigenvalue weighted by Gasteiger charge is -2.08. The first kappa shape index (κ1) is 18.2. The molecule has 0 unspecified atom stereocenters. The van der Waals surface area contributed by atoms with Crippen molar-refractivity contribution in [3.05, 3.63) is 92.7 Å². The number of nitrogens with one attached hydrogen (secondary N) is 1. The van der Waals surface area contributed by atoms with E-state index in [-0.39, 0.29) is 33.9 Å². The van der Waals surface area contributed by atoms with Gasteiger partial charge in [0, 0.05) is 18.1 Å². The minimum atomic E-state index is -0.367. The van der Waals surface area contributed by atoms with Crippen molar-refractivity contribution in [3.8, 4) is 0 Å². The highest BCUT2D eigenvalue weighted by Gasteiger charge is 2.11. The van der Waals surface area contributed by atoms with Crippen LogP contribution in [-0.2, 0) is 6.54 Å². The van der Waals surface area contributed by atoms with Crippen molar-refractivity contribution in [2.45, 2.75) is 6.54 Å². The SMILES string of the molecule is O=C(Nc1cccc(Cn2nc3ccccn3c2=O)c1)c1cnc(Cl)c(Cl)c1. The van der Waals surface area contributed by atoms with Crippen molar-refractivity contribution in [2.75, 3.05) is 5.32 Å². The first-order valence-electron chi connectivity index (χ1n) is 8.27. The summed E-state index contributed by atoms with van der Waals surface area (Å²) < 4.78 is 2.85. The summed E-state index contributed by atoms with van der Waals surface area (Å²) in [4.78, 5) is 28.7. The predicted octanol–water partition coefficient (Wildman–Crippen LogP) is 3.50. The monoisotopic (exact) mass is 413 g/mol. The standard InChI is InChI=1S/C19H13Cl2N5O2/c20-15-9-13(10-22-17(15)21)18(27)23-14-5-3-4-12(8-14)11-26-19(28)25-7-2-1-6-16(25)24-26/h1-10H,11H2,(H,23,27). The van der Waals surface area contributed by atoms with Crippen LogP contribution in [0.25, 0.3) is 5.65 Å². The highest BCUT2D eigenvalue weighted by Crippen LogP contribution is 2.20. The second-order valence-electron chi connectivity index (χ2n) is 6.02. The second kappa shape index (κ2) is 7.46. The lowest BCUT2D eigenvalue weighted by Crippen LogP contribution is -2.21. The smallest absolute Gasteiger partial charge is 0.322 e. The summed E-state index contributed by atoms with van der Waals surface area (Å²) in [6, 6.07) is 14.0. The normalized spacial score (nSPS) is 10.9. The maximum atomic E-state index is 12.4. The van der Waals surface area contributed by atoms with Gasteiger partial charge in [0.25, 0.3) is 5.91 Å². The second-order valence-corrected chi connectivity index (χ2v) is 6.79. The van der Waals surface area contributed by atoms with Gasteiger partial charge >= 0.3 is 5.69 Å². The molecular formula is C19H13Cl2N5O2. The summed E-state index contributed by atoms with van der Waals surface area (Å²) in [5.74, 6) is -0.367. The van der Waals surface area contributed by atoms with E-state index in [1.165, 1.54) is 21.3 Å². The molecule has 0 radical (unpaired) electrons. The number of hydrogen-bond acceptors (Lipinski definition) is 4. The van der Waals surface area contributed by atoms with Gasteiger partial charge in [-0.3, -0.25) is 9.20 Å². The first-order chi connectivity index (χ1) is 13.5. The number of pyridine rings is 2. The van der Waals surface area contributed by atoms with E-state index in [1.54, 1.807) is 36.5 Å². The molecule has 0 fully saturated rings. The molecule has 9 heteroatoms. The molecule has 0 saturated carbocycles. The summed E-state index contributed by atoms with van der Waals surface area (Å²) in [6.07, 6.45) is 3.02. The van der Waals surface area contributed by atoms with Crippen molar-refractivity contribution in [2.24, 2.45) is 0 Å². The van der Waals surface area contributed by atoms with E-state index in [0.717, 1.165) is 5.56 Å². The van der Waals surface area contributed by atoms with E-state index in [1.807, 2.05) is 12.1 Å². The molecule has 0 spiro atoms. The average Bonchev–Trinajstić information content (AvgIpc) is 3.00. The lowest BCUT2D eigenvalue weighted by molar-refractivity contribution is 0.102. The number of benzene rings is 1. The van der Waals surface area contributed by atoms with Gasteiger partial charge in [0.15, 0.2) is 5.65 Å². The Balaban J connectivity index is 1.55. The third kappa shape index (κ3) is 3.62. The minimum Gasteiger partial charge on any atom is -0.322 e. The number of aromatic nitrogens is 4. The van der Waals surface area contributed by atoms with Crippen molar-refractivity contribution < 1.29 is 4.79 Å². The molecule has 0 atom stereocenters. The van der Waals surface area contributed by atoms with Gasteiger partial charge in [-0.1, -0.05) is 41.4 Å². The Labute approximate surface area is 169 Å². The van der Waals surface area contributed by atoms with E-state index < -0.39 is 0 Å². The van der Waals surface area contributed by atoms with Gasteiger partial charge in [0.2, 0.25) is 0 Å². The summed E-state index contributed by atoms with van der Waals surface area (Å²) in [6.45, 7) is 0.276. The Hall–Kier alpha value is -3.16. The molecule has 0 aliphatic rings. The van der Waals surface area contributed by atoms with Crippen LogP contribution in [-0.4, -0.2) is 25.1 Å². The van der Waals surface area contributed by atoms with E-state index in [2.05, 4.69) is 15.4 Å². The molecule has 4 aromatic rings. The molecule has 3 aromatic heterocycles. The Bertz CT molecular complexity index is 1250. The lowest BCUT2D eigenvalue weighted by atomic mass is 10.2. The fourth-order valence-electron chi connectivity index (χ4n) is 2.74. The van der Waals surface area contributed by atoms with Crippen molar-refractivity contribution in [1.29, 1.82) is 0 Å². The Morgan fingerprint density at radius 3 is 2.75 bits per heavy atom. The van der Waals surface area contributed by atoms with Crippen LogP contribution >= 0.6 is 23.2 Å². The molecule has 7 nitrogen and oxygen atoms in total. The van der Waals surface area contributed by atoms with E-state index in [9.17, 15) is 9.59 Å². The third-order valence-corrected chi connectivity index (χ3v) is 4.75. The summed E-state index contributed by atoms with van der Waals surface area (Å²) >= 11 is 11.7. The van der Waals surface area contributed by atoms with Gasteiger partial charge in [0.1, 0.15) is 5.15 Å². The Kier molecular flexibility index (Phi) is 4.85. The fourth-order valence-corrected chi connectivity index (χ4v) is 3.01. The molecule has 0 saturated heterocycles. The largest absolute Gasteiger partial charge is 0.350 e. The quantitative estimate of drug-likeness (QED) is 0.519. The number of halogens is 2. The molecular weight excluding hydrogens is 401 g/mol. The number of hydrogen-bond donors (Lipinski definition) is 1. The topological polar surface area (TPSA) is 81.3 Å². The maximum absolute atomic E-state index is 12.4. The van der Waals surface area contributed by atoms with Crippen molar-refractivity contribution in [1.82, 2.24) is 19.2 Å². The fraction of sp³-hybridized carbons (Fsp3) is 0.0526. The molecule has 1 N–H and O–H groups in total. The van der Waals surface area contributed by atoms with Gasteiger partial charge in [-0.05, 0) is 35.9 Å². The molecule has 1 aromatic carbocycles. The molecule has 4 rings (SSSR count). The van der Waals surface area contributed by atoms with Gasteiger partial charge < -0.3 is 5.32 Å². The van der Waals surface area contributed by atoms with Crippen LogP contribution < -0.4 is 11.0 Å². The number of carbonyl (C=O) groups is 1. The summed E-state index contributed by atoms with van der Waals surface area (Å²) in [7, 11) is 0. The first-order valence-corrected chi connectivity index (χ1v) is 9.02. The van der Waals surface area contributed by atoms with E-state index >= 15 is 0 Å². The highest BCUT2D eigenvalue weighted by atomic mass is 35.5. The number of amides is 1. The van der Waals surface area contributed by atoms with Gasteiger partial charge in [-0.25, -0.2) is 14.5 Å². The summed E-state index contributed by atoms with van der Waals surface area (Å²) in [5, 5.41) is 7.43. The number of rotatable bonds is 4. The molecule has 1 amide bonds. The highest BCUT2D eigenvalue weighted by molar-refractivity contribution is 6.41. The number of nitrogens with zero attached hydrogens (tertiary/aromatic N) is 4. The average molecular weight is 414 g/mol. The molecule has 28 heavy (non-hydrogen) atoms. The van der Waals surface area contributed by atoms with E-state index in [0.29, 0.717) is 11.3 Å². The number of carbonyl (C=O) groups excluding carboxylic acids is 1. The zero-order valence-electron chi connectivity index (χ0n) is 14.3. The minimum absolute atomic E-state index is 0.137. The van der Waals surface area contributed by atoms with Gasteiger partial charge in [0.05, 0.1) is 17.1 Å². The molecule has 3 heterocycles. The zero-order chi connectivity index (χ0) is 19.7. The van der Waals surface area contributed by atoms with Gasteiger partial charge in [-0.15, -0.1) is 5.10 Å². The predicted molar refractivity (Wildman–Crippen MR) is 107 cm³/mol. The van der Waals surface area contributed by atoms with Gasteiger partial charge in [-0.2, -0.15) is 0 Å². The third-order valence-electron chi connectivity index (χ3n) is 4.06. The molecule has 0 bridgehead atoms. The van der Waals surface area contributed by atoms with Crippen LogP contribution in [0.4, 0.5) is 5.69 Å².